The number of hydrogen-bond donors (Lipinski definition) is 1. The zero-order valence-electron chi connectivity index (χ0n) is 8.29. The van der Waals surface area contributed by atoms with Crippen LogP contribution < -0.4 is 10.1 Å². The van der Waals surface area contributed by atoms with Crippen LogP contribution in [0.5, 0.6) is 5.75 Å². The Hall–Kier alpha value is -1.58. The Morgan fingerprint density at radius 1 is 1.50 bits per heavy atom. The highest BCUT2D eigenvalue weighted by atomic mass is 19.1. The molecular formula is C10H16FNO2. The van der Waals surface area contributed by atoms with Crippen LogP contribution in [0.25, 0.3) is 0 Å². The third-order valence-electron chi connectivity index (χ3n) is 1.16. The number of carbonyl (C=O) groups is 1. The second kappa shape index (κ2) is 8.04. The first-order chi connectivity index (χ1) is 6.74. The quantitative estimate of drug-likeness (QED) is 0.758. The molecule has 0 aliphatic carbocycles. The molecule has 0 aromatic heterocycles. The number of benzene rings is 1. The summed E-state index contributed by atoms with van der Waals surface area (Å²) in [5, 5.41) is 2.35. The summed E-state index contributed by atoms with van der Waals surface area (Å²) in [6.45, 7) is 1.21. The molecule has 1 aromatic rings. The van der Waals surface area contributed by atoms with Crippen molar-refractivity contribution in [3.8, 4) is 5.75 Å². The Morgan fingerprint density at radius 3 is 2.43 bits per heavy atom. The van der Waals surface area contributed by atoms with E-state index in [-0.39, 0.29) is 8.10 Å². The number of nitrogens with one attached hydrogen (secondary N) is 1. The van der Waals surface area contributed by atoms with Gasteiger partial charge in [-0.15, -0.1) is 0 Å². The van der Waals surface area contributed by atoms with Crippen LogP contribution >= 0.6 is 0 Å². The van der Waals surface area contributed by atoms with Gasteiger partial charge in [0.25, 0.3) is 0 Å². The molecule has 0 atom stereocenters. The molecule has 1 N–H and O–H groups in total. The first-order valence-corrected chi connectivity index (χ1v) is 4.25. The molecule has 0 aliphatic heterocycles. The maximum Gasteiger partial charge on any atom is 0.412 e. The molecule has 1 amide bonds. The van der Waals surface area contributed by atoms with Gasteiger partial charge >= 0.3 is 6.09 Å². The lowest BCUT2D eigenvalue weighted by Crippen LogP contribution is -2.21. The Balaban J connectivity index is 0. The number of rotatable bonds is 1. The summed E-state index contributed by atoms with van der Waals surface area (Å²) < 4.78 is 15.1. The lowest BCUT2D eigenvalue weighted by atomic mass is 10.3. The van der Waals surface area contributed by atoms with Gasteiger partial charge in [-0.25, -0.2) is 4.79 Å². The minimum atomic E-state index is -0.448. The molecule has 0 unspecified atom stereocenters. The van der Waals surface area contributed by atoms with E-state index in [4.69, 9.17) is 4.74 Å². The number of hydrogen-bond acceptors (Lipinski definition) is 2. The third-order valence-corrected chi connectivity index (χ3v) is 1.16. The average Bonchev–Trinajstić information content (AvgIpc) is 2.20. The molecule has 1 rings (SSSR count). The molecule has 14 heavy (non-hydrogen) atoms. The highest BCUT2D eigenvalue weighted by molar-refractivity contribution is 5.69. The smallest absolute Gasteiger partial charge is 0.410 e. The van der Waals surface area contributed by atoms with Crippen molar-refractivity contribution in [1.82, 2.24) is 5.32 Å². The lowest BCUT2D eigenvalue weighted by Gasteiger charge is -2.00. The fourth-order valence-electron chi connectivity index (χ4n) is 0.647. The summed E-state index contributed by atoms with van der Waals surface area (Å²) in [6, 6.07) is 8.90. The van der Waals surface area contributed by atoms with E-state index in [0.717, 1.165) is 0 Å². The maximum atomic E-state index is 10.6. The van der Waals surface area contributed by atoms with Crippen molar-refractivity contribution >= 4 is 6.09 Å². The normalized spacial score (nSPS) is 8.21. The van der Waals surface area contributed by atoms with Crippen LogP contribution in [0.3, 0.4) is 0 Å². The van der Waals surface area contributed by atoms with Crippen LogP contribution in [0.15, 0.2) is 30.3 Å². The number of amides is 1. The monoisotopic (exact) mass is 201 g/mol. The summed E-state index contributed by atoms with van der Waals surface area (Å²) in [4.78, 5) is 10.6. The summed E-state index contributed by atoms with van der Waals surface area (Å²) in [7, 11) is 1.52. The molecular weight excluding hydrogens is 185 g/mol. The van der Waals surface area contributed by atoms with E-state index < -0.39 is 6.09 Å². The van der Waals surface area contributed by atoms with Gasteiger partial charge in [-0.05, 0) is 19.1 Å². The van der Waals surface area contributed by atoms with E-state index in [9.17, 15) is 9.18 Å². The summed E-state index contributed by atoms with van der Waals surface area (Å²) >= 11 is 0. The first kappa shape index (κ1) is 12.4. The summed E-state index contributed by atoms with van der Waals surface area (Å²) in [5.41, 5.74) is 0. The first-order valence-electron chi connectivity index (χ1n) is 4.25. The number of carbonyl (C=O) groups excluding carboxylic acids is 1. The van der Waals surface area contributed by atoms with Gasteiger partial charge in [-0.1, -0.05) is 18.2 Å². The minimum absolute atomic E-state index is 0. The Kier molecular flexibility index (Phi) is 7.13. The molecule has 4 heteroatoms. The highest BCUT2D eigenvalue weighted by Crippen LogP contribution is 2.07. The number of alkyl halides is 1. The summed E-state index contributed by atoms with van der Waals surface area (Å²) in [5.74, 6) is 0.548. The zero-order chi connectivity index (χ0) is 10.8. The standard InChI is InChI=1S/C8H9NO2.C2H5F.H2/c1-9-8(10)11-7-5-3-2-4-6-7;1-2-3;/h2-6H,1H3,(H,9,10);2H2,1H3;1H. The molecule has 0 radical (unpaired) electrons. The van der Waals surface area contributed by atoms with Gasteiger partial charge in [0.2, 0.25) is 0 Å². The van der Waals surface area contributed by atoms with Crippen molar-refractivity contribution in [2.45, 2.75) is 6.92 Å². The Labute approximate surface area is 84.4 Å². The predicted octanol–water partition coefficient (Wildman–Crippen LogP) is 2.63. The van der Waals surface area contributed by atoms with Crippen LogP contribution in [-0.4, -0.2) is 19.8 Å². The molecule has 3 nitrogen and oxygen atoms in total. The molecule has 0 heterocycles. The molecule has 0 saturated heterocycles. The largest absolute Gasteiger partial charge is 0.412 e. The van der Waals surface area contributed by atoms with E-state index >= 15 is 0 Å². The lowest BCUT2D eigenvalue weighted by molar-refractivity contribution is 0.203. The van der Waals surface area contributed by atoms with Crippen LogP contribution in [0, 0.1) is 0 Å². The van der Waals surface area contributed by atoms with Gasteiger partial charge in [0.15, 0.2) is 0 Å². The number of para-hydroxylation sites is 1. The van der Waals surface area contributed by atoms with Gasteiger partial charge < -0.3 is 10.1 Å². The predicted molar refractivity (Wildman–Crippen MR) is 55.3 cm³/mol. The minimum Gasteiger partial charge on any atom is -0.410 e. The van der Waals surface area contributed by atoms with Crippen molar-refractivity contribution in [3.05, 3.63) is 30.3 Å². The second-order valence-electron chi connectivity index (χ2n) is 2.22. The van der Waals surface area contributed by atoms with Gasteiger partial charge in [0.05, 0.1) is 6.67 Å². The van der Waals surface area contributed by atoms with Crippen molar-refractivity contribution in [1.29, 1.82) is 0 Å². The SMILES string of the molecule is CCF.CNC(=O)Oc1ccccc1.[HH]. The van der Waals surface area contributed by atoms with E-state index in [1.54, 1.807) is 24.3 Å². The van der Waals surface area contributed by atoms with Crippen LogP contribution in [-0.2, 0) is 0 Å². The average molecular weight is 201 g/mol. The van der Waals surface area contributed by atoms with Gasteiger partial charge in [0, 0.05) is 8.47 Å². The van der Waals surface area contributed by atoms with E-state index in [1.807, 2.05) is 6.07 Å². The topological polar surface area (TPSA) is 38.3 Å². The molecule has 1 aromatic carbocycles. The zero-order valence-corrected chi connectivity index (χ0v) is 8.29. The van der Waals surface area contributed by atoms with Crippen molar-refractivity contribution < 1.29 is 15.3 Å². The maximum absolute atomic E-state index is 10.6. The molecule has 0 fully saturated rings. The van der Waals surface area contributed by atoms with Crippen molar-refractivity contribution in [2.75, 3.05) is 13.7 Å². The van der Waals surface area contributed by atoms with Gasteiger partial charge in [-0.2, -0.15) is 0 Å². The van der Waals surface area contributed by atoms with Gasteiger partial charge in [0.1, 0.15) is 5.75 Å². The Morgan fingerprint density at radius 2 is 2.00 bits per heavy atom. The van der Waals surface area contributed by atoms with Crippen molar-refractivity contribution in [3.63, 3.8) is 0 Å². The number of ether oxygens (including phenoxy) is 1. The van der Waals surface area contributed by atoms with Crippen LogP contribution in [0.4, 0.5) is 9.18 Å². The molecule has 0 saturated carbocycles. The second-order valence-corrected chi connectivity index (χ2v) is 2.22. The number of halogens is 1. The van der Waals surface area contributed by atoms with Crippen LogP contribution in [0.1, 0.15) is 8.35 Å². The molecule has 80 valence electrons. The molecule has 0 aliphatic rings. The van der Waals surface area contributed by atoms with Crippen LogP contribution in [0.2, 0.25) is 0 Å². The van der Waals surface area contributed by atoms with E-state index in [1.165, 1.54) is 14.0 Å². The third kappa shape index (κ3) is 5.99. The van der Waals surface area contributed by atoms with E-state index in [0.29, 0.717) is 5.75 Å². The fourth-order valence-corrected chi connectivity index (χ4v) is 0.647. The van der Waals surface area contributed by atoms with E-state index in [2.05, 4.69) is 5.32 Å². The summed E-state index contributed by atoms with van der Waals surface area (Å²) in [6.07, 6.45) is -0.448. The Bertz CT molecular complexity index is 257. The fraction of sp³-hybridized carbons (Fsp3) is 0.300. The molecule has 0 bridgehead atoms. The molecule has 0 spiro atoms. The van der Waals surface area contributed by atoms with Gasteiger partial charge in [-0.3, -0.25) is 4.39 Å². The van der Waals surface area contributed by atoms with Crippen molar-refractivity contribution in [2.24, 2.45) is 0 Å². The highest BCUT2D eigenvalue weighted by Gasteiger charge is 1.97.